The van der Waals surface area contributed by atoms with Crippen LogP contribution in [-0.4, -0.2) is 25.9 Å². The molecule has 1 aliphatic carbocycles. The molecular weight excluding hydrogens is 547 g/mol. The minimum Gasteiger partial charge on any atom is -0.324 e. The quantitative estimate of drug-likeness (QED) is 0.376. The Labute approximate surface area is 243 Å². The van der Waals surface area contributed by atoms with Crippen LogP contribution in [0.2, 0.25) is 5.02 Å². The number of nitriles is 1. The van der Waals surface area contributed by atoms with Crippen molar-refractivity contribution in [1.82, 2.24) is 14.1 Å². The minimum atomic E-state index is -0.785. The summed E-state index contributed by atoms with van der Waals surface area (Å²) in [4.78, 5) is 36.0. The number of rotatable bonds is 8. The van der Waals surface area contributed by atoms with E-state index in [4.69, 9.17) is 23.2 Å². The second kappa shape index (κ2) is 13.2. The number of halogens is 2. The third-order valence-electron chi connectivity index (χ3n) is 5.90. The fourth-order valence-electron chi connectivity index (χ4n) is 3.87. The molecule has 0 saturated heterocycles. The Morgan fingerprint density at radius 3 is 2.58 bits per heavy atom. The molecule has 1 aromatic heterocycles. The highest BCUT2D eigenvalue weighted by Gasteiger charge is 2.21. The van der Waals surface area contributed by atoms with Crippen molar-refractivity contribution in [2.24, 2.45) is 4.99 Å². The molecule has 0 atom stereocenters. The SMILES string of the molecule is C=C/C(C)=C\C(=C/C)n1c(=O)nc(NC2=C/C(=C/C)C(=NC(C)C)C=C2Cl)n(Cc2cc(C#N)ccc2Cl)c1=O. The molecule has 8 nitrogen and oxygen atoms in total. The van der Waals surface area contributed by atoms with Gasteiger partial charge in [-0.15, -0.1) is 0 Å². The molecule has 2 aromatic rings. The molecule has 0 spiro atoms. The van der Waals surface area contributed by atoms with Gasteiger partial charge in [-0.25, -0.2) is 14.2 Å². The Morgan fingerprint density at radius 2 is 1.98 bits per heavy atom. The molecule has 206 valence electrons. The average Bonchev–Trinajstić information content (AvgIpc) is 2.91. The molecule has 10 heteroatoms. The van der Waals surface area contributed by atoms with Crippen LogP contribution in [0.1, 0.15) is 45.7 Å². The molecule has 0 aliphatic heterocycles. The molecule has 0 fully saturated rings. The van der Waals surface area contributed by atoms with Gasteiger partial charge in [0.1, 0.15) is 0 Å². The van der Waals surface area contributed by atoms with Gasteiger partial charge < -0.3 is 5.32 Å². The van der Waals surface area contributed by atoms with Crippen molar-refractivity contribution in [3.05, 3.63) is 120 Å². The number of aromatic nitrogens is 3. The number of hydrogen-bond donors (Lipinski definition) is 1. The van der Waals surface area contributed by atoms with Crippen LogP contribution in [0, 0.1) is 11.3 Å². The summed E-state index contributed by atoms with van der Waals surface area (Å²) >= 11 is 13.0. The van der Waals surface area contributed by atoms with Crippen LogP contribution in [0.25, 0.3) is 5.70 Å². The fraction of sp³-hybridized carbons (Fsp3) is 0.233. The molecule has 3 rings (SSSR count). The lowest BCUT2D eigenvalue weighted by atomic mass is 10.0. The molecule has 1 heterocycles. The first-order chi connectivity index (χ1) is 19.0. The summed E-state index contributed by atoms with van der Waals surface area (Å²) in [5.74, 6) is -0.0398. The lowest BCUT2D eigenvalue weighted by molar-refractivity contribution is 0.663. The van der Waals surface area contributed by atoms with Gasteiger partial charge in [0.2, 0.25) is 5.95 Å². The Bertz CT molecular complexity index is 1690. The van der Waals surface area contributed by atoms with E-state index in [1.807, 2.05) is 26.8 Å². The zero-order valence-corrected chi connectivity index (χ0v) is 24.5. The highest BCUT2D eigenvalue weighted by molar-refractivity contribution is 6.35. The minimum absolute atomic E-state index is 0.0398. The van der Waals surface area contributed by atoms with Crippen LogP contribution >= 0.6 is 23.2 Å². The Balaban J connectivity index is 2.25. The van der Waals surface area contributed by atoms with E-state index in [1.165, 1.54) is 4.57 Å². The van der Waals surface area contributed by atoms with Crippen molar-refractivity contribution < 1.29 is 0 Å². The van der Waals surface area contributed by atoms with Crippen molar-refractivity contribution >= 4 is 40.6 Å². The van der Waals surface area contributed by atoms with Crippen LogP contribution in [0.15, 0.2) is 97.7 Å². The maximum Gasteiger partial charge on any atom is 0.359 e. The van der Waals surface area contributed by atoms with Gasteiger partial charge in [0, 0.05) is 11.1 Å². The number of aliphatic imine (C=N–C) groups is 1. The molecule has 0 radical (unpaired) electrons. The lowest BCUT2D eigenvalue weighted by Gasteiger charge is -2.20. The van der Waals surface area contributed by atoms with Crippen LogP contribution in [0.3, 0.4) is 0 Å². The van der Waals surface area contributed by atoms with Crippen LogP contribution < -0.4 is 16.7 Å². The standard InChI is InChI=1S/C30H30Cl2N6O2/c1-7-19(6)12-23(9-3)38-29(39)36-28(35-27-14-21(8-2)26(15-25(27)32)34-18(4)5)37(30(38)40)17-22-13-20(16-33)10-11-24(22)31/h7-15,18H,1,17H2,2-6H3,(H,35,36,39)/b19-12-,21-8-,23-9+,34-26?. The van der Waals surface area contributed by atoms with E-state index in [9.17, 15) is 14.9 Å². The summed E-state index contributed by atoms with van der Waals surface area (Å²) < 4.78 is 2.25. The van der Waals surface area contributed by atoms with Gasteiger partial charge >= 0.3 is 11.4 Å². The van der Waals surface area contributed by atoms with Crippen molar-refractivity contribution in [2.45, 2.75) is 47.2 Å². The van der Waals surface area contributed by atoms with Gasteiger partial charge in [-0.3, -0.25) is 9.56 Å². The molecular formula is C30H30Cl2N6O2. The van der Waals surface area contributed by atoms with E-state index >= 15 is 0 Å². The van der Waals surface area contributed by atoms with Crippen molar-refractivity contribution in [3.8, 4) is 6.07 Å². The first-order valence-corrected chi connectivity index (χ1v) is 13.3. The van der Waals surface area contributed by atoms with E-state index in [0.717, 1.165) is 21.4 Å². The number of hydrogen-bond acceptors (Lipinski definition) is 6. The molecule has 0 amide bonds. The number of benzene rings is 1. The summed E-state index contributed by atoms with van der Waals surface area (Å²) in [5.41, 5.74) is 2.47. The number of nitrogens with zero attached hydrogens (tertiary/aromatic N) is 5. The van der Waals surface area contributed by atoms with E-state index in [0.29, 0.717) is 32.6 Å². The number of nitrogens with one attached hydrogen (secondary N) is 1. The van der Waals surface area contributed by atoms with Gasteiger partial charge in [-0.2, -0.15) is 10.2 Å². The Kier molecular flexibility index (Phi) is 10.1. The van der Waals surface area contributed by atoms with Crippen LogP contribution in [-0.2, 0) is 6.54 Å². The normalized spacial score (nSPS) is 16.2. The predicted molar refractivity (Wildman–Crippen MR) is 164 cm³/mol. The van der Waals surface area contributed by atoms with Crippen LogP contribution in [0.4, 0.5) is 5.95 Å². The van der Waals surface area contributed by atoms with Gasteiger partial charge in [-0.1, -0.05) is 48.0 Å². The summed E-state index contributed by atoms with van der Waals surface area (Å²) in [6.45, 7) is 13.0. The third kappa shape index (κ3) is 6.87. The molecule has 1 aromatic carbocycles. The smallest absolute Gasteiger partial charge is 0.324 e. The number of anilines is 1. The summed E-state index contributed by atoms with van der Waals surface area (Å²) in [6, 6.07) is 6.89. The topological polar surface area (TPSA) is 105 Å². The van der Waals surface area contributed by atoms with E-state index in [2.05, 4.69) is 27.9 Å². The maximum absolute atomic E-state index is 13.9. The summed E-state index contributed by atoms with van der Waals surface area (Å²) in [7, 11) is 0. The van der Waals surface area contributed by atoms with Gasteiger partial charge in [0.05, 0.1) is 40.3 Å². The lowest BCUT2D eigenvalue weighted by Crippen LogP contribution is -2.42. The molecule has 0 unspecified atom stereocenters. The largest absolute Gasteiger partial charge is 0.359 e. The Hall–Kier alpha value is -4.19. The highest BCUT2D eigenvalue weighted by atomic mass is 35.5. The van der Waals surface area contributed by atoms with E-state index in [1.54, 1.807) is 62.4 Å². The molecule has 40 heavy (non-hydrogen) atoms. The first kappa shape index (κ1) is 30.4. The van der Waals surface area contributed by atoms with Gasteiger partial charge in [-0.05, 0) is 87.8 Å². The van der Waals surface area contributed by atoms with Crippen molar-refractivity contribution in [1.29, 1.82) is 5.26 Å². The van der Waals surface area contributed by atoms with Crippen molar-refractivity contribution in [3.63, 3.8) is 0 Å². The zero-order valence-electron chi connectivity index (χ0n) is 23.0. The average molecular weight is 578 g/mol. The molecule has 0 bridgehead atoms. The molecule has 1 N–H and O–H groups in total. The fourth-order valence-corrected chi connectivity index (χ4v) is 4.26. The monoisotopic (exact) mass is 576 g/mol. The second-order valence-electron chi connectivity index (χ2n) is 9.17. The number of allylic oxidation sites excluding steroid dienone is 10. The van der Waals surface area contributed by atoms with E-state index in [-0.39, 0.29) is 18.5 Å². The summed E-state index contributed by atoms with van der Waals surface area (Å²) in [6.07, 6.45) is 10.3. The first-order valence-electron chi connectivity index (χ1n) is 12.5. The molecule has 0 saturated carbocycles. The third-order valence-corrected chi connectivity index (χ3v) is 6.58. The Morgan fingerprint density at radius 1 is 1.25 bits per heavy atom. The zero-order chi connectivity index (χ0) is 29.6. The summed E-state index contributed by atoms with van der Waals surface area (Å²) in [5, 5.41) is 13.1. The second-order valence-corrected chi connectivity index (χ2v) is 9.99. The predicted octanol–water partition coefficient (Wildman–Crippen LogP) is 6.20. The van der Waals surface area contributed by atoms with Crippen LogP contribution in [0.5, 0.6) is 0 Å². The van der Waals surface area contributed by atoms with Crippen molar-refractivity contribution in [2.75, 3.05) is 5.32 Å². The van der Waals surface area contributed by atoms with E-state index < -0.39 is 11.4 Å². The highest BCUT2D eigenvalue weighted by Crippen LogP contribution is 2.26. The van der Waals surface area contributed by atoms with Gasteiger partial charge in [0.15, 0.2) is 0 Å². The maximum atomic E-state index is 13.9. The van der Waals surface area contributed by atoms with Gasteiger partial charge in [0.25, 0.3) is 0 Å². The molecule has 1 aliphatic rings.